The van der Waals surface area contributed by atoms with Crippen LogP contribution in [0, 0.1) is 0 Å². The number of benzene rings is 3. The lowest BCUT2D eigenvalue weighted by molar-refractivity contribution is 0.434. The Morgan fingerprint density at radius 2 is 1.19 bits per heavy atom. The quantitative estimate of drug-likeness (QED) is 0.472. The molecule has 126 valence electrons. The first-order valence-electron chi connectivity index (χ1n) is 8.08. The third-order valence-electron chi connectivity index (χ3n) is 3.78. The van der Waals surface area contributed by atoms with Crippen molar-refractivity contribution in [2.75, 3.05) is 0 Å². The Morgan fingerprint density at radius 1 is 0.615 bits per heavy atom. The standard InChI is InChI=1S/C21H14ClN3O/c22-17-11-13-18(14-12-17)26-21-23-19(15-7-3-1-4-8-15)20(24-25-21)16-9-5-2-6-10-16/h1-14H. The molecule has 0 aliphatic rings. The van der Waals surface area contributed by atoms with Gasteiger partial charge in [-0.3, -0.25) is 0 Å². The second kappa shape index (κ2) is 7.33. The summed E-state index contributed by atoms with van der Waals surface area (Å²) in [7, 11) is 0. The van der Waals surface area contributed by atoms with E-state index in [9.17, 15) is 0 Å². The number of aromatic nitrogens is 3. The van der Waals surface area contributed by atoms with Crippen molar-refractivity contribution in [3.63, 3.8) is 0 Å². The summed E-state index contributed by atoms with van der Waals surface area (Å²) in [5, 5.41) is 9.16. The van der Waals surface area contributed by atoms with Gasteiger partial charge < -0.3 is 4.74 Å². The Balaban J connectivity index is 1.78. The van der Waals surface area contributed by atoms with Crippen LogP contribution >= 0.6 is 11.6 Å². The van der Waals surface area contributed by atoms with Crippen molar-refractivity contribution < 1.29 is 4.74 Å². The largest absolute Gasteiger partial charge is 0.423 e. The highest BCUT2D eigenvalue weighted by atomic mass is 35.5. The summed E-state index contributed by atoms with van der Waals surface area (Å²) in [6, 6.07) is 26.9. The lowest BCUT2D eigenvalue weighted by Gasteiger charge is -2.10. The van der Waals surface area contributed by atoms with Crippen molar-refractivity contribution in [2.45, 2.75) is 0 Å². The molecule has 0 aliphatic carbocycles. The van der Waals surface area contributed by atoms with Crippen molar-refractivity contribution in [3.05, 3.63) is 90.0 Å². The first-order chi connectivity index (χ1) is 12.8. The number of rotatable bonds is 4. The third kappa shape index (κ3) is 3.55. The molecule has 4 aromatic rings. The van der Waals surface area contributed by atoms with Gasteiger partial charge in [0, 0.05) is 16.1 Å². The fourth-order valence-electron chi connectivity index (χ4n) is 2.55. The lowest BCUT2D eigenvalue weighted by atomic mass is 10.0. The van der Waals surface area contributed by atoms with Gasteiger partial charge in [0.25, 0.3) is 0 Å². The van der Waals surface area contributed by atoms with Crippen molar-refractivity contribution >= 4 is 11.6 Å². The van der Waals surface area contributed by atoms with Crippen LogP contribution in [0.5, 0.6) is 11.8 Å². The van der Waals surface area contributed by atoms with Gasteiger partial charge in [-0.15, -0.1) is 5.10 Å². The van der Waals surface area contributed by atoms with Crippen LogP contribution in [0.25, 0.3) is 22.5 Å². The summed E-state index contributed by atoms with van der Waals surface area (Å²) in [6.45, 7) is 0. The van der Waals surface area contributed by atoms with Crippen LogP contribution in [0.1, 0.15) is 0 Å². The summed E-state index contributed by atoms with van der Waals surface area (Å²) in [5.74, 6) is 0.600. The third-order valence-corrected chi connectivity index (χ3v) is 4.04. The van der Waals surface area contributed by atoms with Crippen molar-refractivity contribution in [1.29, 1.82) is 0 Å². The van der Waals surface area contributed by atoms with Crippen molar-refractivity contribution in [2.24, 2.45) is 0 Å². The Hall–Kier alpha value is -3.24. The highest BCUT2D eigenvalue weighted by Crippen LogP contribution is 2.30. The van der Waals surface area contributed by atoms with E-state index in [2.05, 4.69) is 15.2 Å². The maximum absolute atomic E-state index is 5.91. The van der Waals surface area contributed by atoms with Gasteiger partial charge in [-0.05, 0) is 24.3 Å². The van der Waals surface area contributed by atoms with E-state index >= 15 is 0 Å². The summed E-state index contributed by atoms with van der Waals surface area (Å²) >= 11 is 5.91. The van der Waals surface area contributed by atoms with E-state index < -0.39 is 0 Å². The molecule has 0 unspecified atom stereocenters. The van der Waals surface area contributed by atoms with E-state index in [1.54, 1.807) is 24.3 Å². The number of ether oxygens (including phenoxy) is 1. The minimum Gasteiger partial charge on any atom is -0.423 e. The number of nitrogens with zero attached hydrogens (tertiary/aromatic N) is 3. The van der Waals surface area contributed by atoms with E-state index in [4.69, 9.17) is 16.3 Å². The van der Waals surface area contributed by atoms with Crippen molar-refractivity contribution in [3.8, 4) is 34.3 Å². The summed E-state index contributed by atoms with van der Waals surface area (Å²) < 4.78 is 5.74. The van der Waals surface area contributed by atoms with Gasteiger partial charge in [-0.2, -0.15) is 4.98 Å². The minimum absolute atomic E-state index is 0.186. The maximum Gasteiger partial charge on any atom is 0.341 e. The van der Waals surface area contributed by atoms with Crippen LogP contribution in [-0.2, 0) is 0 Å². The van der Waals surface area contributed by atoms with Crippen LogP contribution in [0.15, 0.2) is 84.9 Å². The van der Waals surface area contributed by atoms with Gasteiger partial charge >= 0.3 is 6.01 Å². The monoisotopic (exact) mass is 359 g/mol. The molecule has 0 saturated carbocycles. The molecule has 4 rings (SSSR count). The molecule has 0 fully saturated rings. The fourth-order valence-corrected chi connectivity index (χ4v) is 2.68. The molecular weight excluding hydrogens is 346 g/mol. The summed E-state index contributed by atoms with van der Waals surface area (Å²) in [5.41, 5.74) is 3.32. The molecule has 0 amide bonds. The molecule has 26 heavy (non-hydrogen) atoms. The van der Waals surface area contributed by atoms with Gasteiger partial charge in [0.2, 0.25) is 0 Å². The normalized spacial score (nSPS) is 10.5. The SMILES string of the molecule is Clc1ccc(Oc2nnc(-c3ccccc3)c(-c3ccccc3)n2)cc1. The van der Waals surface area contributed by atoms with Gasteiger partial charge in [-0.25, -0.2) is 0 Å². The topological polar surface area (TPSA) is 47.9 Å². The average molecular weight is 360 g/mol. The smallest absolute Gasteiger partial charge is 0.341 e. The van der Waals surface area contributed by atoms with Crippen LogP contribution in [-0.4, -0.2) is 15.2 Å². The number of hydrogen-bond acceptors (Lipinski definition) is 4. The van der Waals surface area contributed by atoms with Crippen LogP contribution in [0.3, 0.4) is 0 Å². The van der Waals surface area contributed by atoms with E-state index in [1.807, 2.05) is 60.7 Å². The van der Waals surface area contributed by atoms with E-state index in [0.29, 0.717) is 16.5 Å². The van der Waals surface area contributed by atoms with E-state index in [0.717, 1.165) is 16.8 Å². The number of halogens is 1. The highest BCUT2D eigenvalue weighted by molar-refractivity contribution is 6.30. The molecule has 1 aromatic heterocycles. The lowest BCUT2D eigenvalue weighted by Crippen LogP contribution is -2.00. The summed E-state index contributed by atoms with van der Waals surface area (Å²) in [4.78, 5) is 4.61. The molecule has 5 heteroatoms. The second-order valence-electron chi connectivity index (χ2n) is 5.58. The molecule has 0 bridgehead atoms. The molecule has 3 aromatic carbocycles. The maximum atomic E-state index is 5.91. The first-order valence-corrected chi connectivity index (χ1v) is 8.46. The Morgan fingerprint density at radius 3 is 1.81 bits per heavy atom. The van der Waals surface area contributed by atoms with Gasteiger partial charge in [-0.1, -0.05) is 77.4 Å². The molecule has 0 atom stereocenters. The molecule has 0 saturated heterocycles. The predicted octanol–water partition coefficient (Wildman–Crippen LogP) is 5.65. The summed E-state index contributed by atoms with van der Waals surface area (Å²) in [6.07, 6.45) is 0. The molecule has 0 N–H and O–H groups in total. The molecular formula is C21H14ClN3O. The number of hydrogen-bond donors (Lipinski definition) is 0. The Kier molecular flexibility index (Phi) is 4.58. The average Bonchev–Trinajstić information content (AvgIpc) is 2.71. The molecule has 0 spiro atoms. The zero-order valence-electron chi connectivity index (χ0n) is 13.7. The minimum atomic E-state index is 0.186. The van der Waals surface area contributed by atoms with Crippen molar-refractivity contribution in [1.82, 2.24) is 15.2 Å². The van der Waals surface area contributed by atoms with E-state index in [1.165, 1.54) is 0 Å². The first kappa shape index (κ1) is 16.2. The predicted molar refractivity (Wildman–Crippen MR) is 102 cm³/mol. The Bertz CT molecular complexity index is 1010. The molecule has 4 nitrogen and oxygen atoms in total. The Labute approximate surface area is 156 Å². The van der Waals surface area contributed by atoms with Crippen LogP contribution < -0.4 is 4.74 Å². The second-order valence-corrected chi connectivity index (χ2v) is 6.02. The van der Waals surface area contributed by atoms with Crippen LogP contribution in [0.4, 0.5) is 0 Å². The van der Waals surface area contributed by atoms with Gasteiger partial charge in [0.1, 0.15) is 17.1 Å². The fraction of sp³-hybridized carbons (Fsp3) is 0. The highest BCUT2D eigenvalue weighted by Gasteiger charge is 2.14. The van der Waals surface area contributed by atoms with Crippen LogP contribution in [0.2, 0.25) is 5.02 Å². The zero-order chi connectivity index (χ0) is 17.8. The zero-order valence-corrected chi connectivity index (χ0v) is 14.5. The molecule has 0 radical (unpaired) electrons. The van der Waals surface area contributed by atoms with Gasteiger partial charge in [0.15, 0.2) is 0 Å². The molecule has 0 aliphatic heterocycles. The van der Waals surface area contributed by atoms with Gasteiger partial charge in [0.05, 0.1) is 0 Å². The molecule has 1 heterocycles. The van der Waals surface area contributed by atoms with E-state index in [-0.39, 0.29) is 6.01 Å².